The predicted octanol–water partition coefficient (Wildman–Crippen LogP) is 2.71. The zero-order chi connectivity index (χ0) is 18.5. The summed E-state index contributed by atoms with van der Waals surface area (Å²) in [4.78, 5) is 20.3. The third kappa shape index (κ3) is 4.52. The number of carbonyl (C=O) groups excluding carboxylic acids is 1. The number of thiazole rings is 1. The number of rotatable bonds is 7. The van der Waals surface area contributed by atoms with Gasteiger partial charge in [-0.2, -0.15) is 0 Å². The second kappa shape index (κ2) is 8.59. The van der Waals surface area contributed by atoms with Crippen LogP contribution in [0.1, 0.15) is 12.8 Å². The van der Waals surface area contributed by atoms with Gasteiger partial charge in [0, 0.05) is 36.1 Å². The fourth-order valence-electron chi connectivity index (χ4n) is 2.84. The molecule has 1 fully saturated rings. The van der Waals surface area contributed by atoms with Gasteiger partial charge in [-0.05, 0) is 25.0 Å². The largest absolute Gasteiger partial charge is 0.376 e. The number of ether oxygens (including phenoxy) is 1. The second-order valence-corrected chi connectivity index (χ2v) is 7.80. The van der Waals surface area contributed by atoms with Crippen LogP contribution in [0.5, 0.6) is 0 Å². The van der Waals surface area contributed by atoms with Crippen molar-refractivity contribution in [1.82, 2.24) is 24.7 Å². The molecule has 1 atom stereocenters. The highest BCUT2D eigenvalue weighted by atomic mass is 32.2. The van der Waals surface area contributed by atoms with E-state index in [0.29, 0.717) is 16.8 Å². The van der Waals surface area contributed by atoms with Crippen molar-refractivity contribution in [2.75, 3.05) is 17.7 Å². The molecule has 0 bridgehead atoms. The quantitative estimate of drug-likeness (QED) is 0.607. The van der Waals surface area contributed by atoms with Crippen LogP contribution < -0.4 is 5.32 Å². The van der Waals surface area contributed by atoms with Crippen molar-refractivity contribution < 1.29 is 9.53 Å². The fraction of sp³-hybridized carbons (Fsp3) is 0.353. The van der Waals surface area contributed by atoms with Gasteiger partial charge in [0.25, 0.3) is 0 Å². The highest BCUT2D eigenvalue weighted by Gasteiger charge is 2.22. The monoisotopic (exact) mass is 402 g/mol. The van der Waals surface area contributed by atoms with Gasteiger partial charge in [-0.25, -0.2) is 4.98 Å². The fourth-order valence-corrected chi connectivity index (χ4v) is 4.13. The summed E-state index contributed by atoms with van der Waals surface area (Å²) in [5, 5.41) is 14.6. The number of carbonyl (C=O) groups is 1. The Morgan fingerprint density at radius 3 is 2.96 bits per heavy atom. The summed E-state index contributed by atoms with van der Waals surface area (Å²) in [6.07, 6.45) is 7.35. The lowest BCUT2D eigenvalue weighted by Gasteiger charge is -2.14. The van der Waals surface area contributed by atoms with Gasteiger partial charge < -0.3 is 10.1 Å². The maximum Gasteiger partial charge on any atom is 0.236 e. The molecule has 3 aromatic rings. The molecule has 0 aromatic carbocycles. The van der Waals surface area contributed by atoms with Crippen LogP contribution in [0.3, 0.4) is 0 Å². The Morgan fingerprint density at radius 2 is 2.22 bits per heavy atom. The molecule has 0 radical (unpaired) electrons. The molecule has 3 aromatic heterocycles. The molecule has 0 saturated carbocycles. The maximum atomic E-state index is 12.2. The van der Waals surface area contributed by atoms with E-state index in [1.165, 1.54) is 23.1 Å². The van der Waals surface area contributed by atoms with Crippen molar-refractivity contribution in [3.05, 3.63) is 36.1 Å². The Bertz CT molecular complexity index is 878. The van der Waals surface area contributed by atoms with Crippen LogP contribution >= 0.6 is 23.1 Å². The van der Waals surface area contributed by atoms with E-state index in [4.69, 9.17) is 4.74 Å². The average molecular weight is 403 g/mol. The minimum Gasteiger partial charge on any atom is -0.376 e. The first-order valence-corrected chi connectivity index (χ1v) is 10.4. The Balaban J connectivity index is 1.50. The summed E-state index contributed by atoms with van der Waals surface area (Å²) in [7, 11) is 0. The van der Waals surface area contributed by atoms with Crippen LogP contribution in [0.4, 0.5) is 5.13 Å². The van der Waals surface area contributed by atoms with Crippen LogP contribution in [0.25, 0.3) is 11.4 Å². The summed E-state index contributed by atoms with van der Waals surface area (Å²) in [6.45, 7) is 1.46. The molecule has 1 amide bonds. The van der Waals surface area contributed by atoms with Gasteiger partial charge in [-0.3, -0.25) is 14.3 Å². The number of amides is 1. The lowest BCUT2D eigenvalue weighted by atomic mass is 10.2. The Kier molecular flexibility index (Phi) is 5.75. The molecule has 10 heteroatoms. The number of aromatic nitrogens is 5. The summed E-state index contributed by atoms with van der Waals surface area (Å²) >= 11 is 2.75. The number of nitrogens with zero attached hydrogens (tertiary/aromatic N) is 5. The first kappa shape index (κ1) is 18.1. The summed E-state index contributed by atoms with van der Waals surface area (Å²) < 4.78 is 7.82. The van der Waals surface area contributed by atoms with E-state index in [-0.39, 0.29) is 17.8 Å². The van der Waals surface area contributed by atoms with Crippen molar-refractivity contribution in [2.45, 2.75) is 30.6 Å². The molecule has 4 heterocycles. The number of hydrogen-bond acceptors (Lipinski definition) is 8. The van der Waals surface area contributed by atoms with E-state index < -0.39 is 0 Å². The molecule has 1 N–H and O–H groups in total. The maximum absolute atomic E-state index is 12.2. The molecule has 0 unspecified atom stereocenters. The standard InChI is InChI=1S/C17H18N6O2S2/c24-14(20-16-19-7-9-26-16)11-27-17-22-21-15(12-3-5-18-6-4-12)23(17)10-13-2-1-8-25-13/h3-7,9,13H,1-2,8,10-11H2,(H,19,20,24)/t13-/m0/s1. The molecule has 1 aliphatic rings. The third-order valence-corrected chi connectivity index (χ3v) is 5.73. The van der Waals surface area contributed by atoms with Crippen molar-refractivity contribution >= 4 is 34.1 Å². The van der Waals surface area contributed by atoms with Crippen LogP contribution in [-0.4, -0.2) is 49.1 Å². The minimum absolute atomic E-state index is 0.118. The molecule has 1 saturated heterocycles. The van der Waals surface area contributed by atoms with Crippen molar-refractivity contribution in [2.24, 2.45) is 0 Å². The van der Waals surface area contributed by atoms with Gasteiger partial charge in [0.15, 0.2) is 16.1 Å². The van der Waals surface area contributed by atoms with Gasteiger partial charge in [0.2, 0.25) is 5.91 Å². The molecule has 140 valence electrons. The third-order valence-electron chi connectivity index (χ3n) is 4.08. The number of nitrogens with one attached hydrogen (secondary N) is 1. The summed E-state index contributed by atoms with van der Waals surface area (Å²) in [6, 6.07) is 3.80. The van der Waals surface area contributed by atoms with E-state index in [1.54, 1.807) is 18.6 Å². The number of hydrogen-bond donors (Lipinski definition) is 1. The molecule has 0 aliphatic carbocycles. The second-order valence-electron chi connectivity index (χ2n) is 5.96. The highest BCUT2D eigenvalue weighted by Crippen LogP contribution is 2.26. The SMILES string of the molecule is O=C(CSc1nnc(-c2ccncc2)n1C[C@@H]1CCCO1)Nc1nccs1. The average Bonchev–Trinajstić information content (AvgIpc) is 3.44. The van der Waals surface area contributed by atoms with Crippen LogP contribution in [0, 0.1) is 0 Å². The number of thioether (sulfide) groups is 1. The number of pyridine rings is 1. The van der Waals surface area contributed by atoms with E-state index in [2.05, 4.69) is 25.5 Å². The van der Waals surface area contributed by atoms with E-state index in [1.807, 2.05) is 22.1 Å². The minimum atomic E-state index is -0.118. The Hall–Kier alpha value is -2.30. The Morgan fingerprint density at radius 1 is 1.33 bits per heavy atom. The molecular formula is C17H18N6O2S2. The van der Waals surface area contributed by atoms with Crippen molar-refractivity contribution in [1.29, 1.82) is 0 Å². The molecule has 1 aliphatic heterocycles. The molecule has 0 spiro atoms. The van der Waals surface area contributed by atoms with Crippen molar-refractivity contribution in [3.8, 4) is 11.4 Å². The first-order valence-electron chi connectivity index (χ1n) is 8.57. The van der Waals surface area contributed by atoms with Crippen LogP contribution in [0.15, 0.2) is 41.3 Å². The summed E-state index contributed by atoms with van der Waals surface area (Å²) in [5.74, 6) is 0.877. The van der Waals surface area contributed by atoms with Gasteiger partial charge >= 0.3 is 0 Å². The van der Waals surface area contributed by atoms with E-state index in [0.717, 1.165) is 30.8 Å². The van der Waals surface area contributed by atoms with Crippen molar-refractivity contribution in [3.63, 3.8) is 0 Å². The molecular weight excluding hydrogens is 384 g/mol. The number of anilines is 1. The van der Waals surface area contributed by atoms with E-state index in [9.17, 15) is 4.79 Å². The molecule has 4 rings (SSSR count). The Labute approximate surface area is 164 Å². The lowest BCUT2D eigenvalue weighted by Crippen LogP contribution is -2.18. The van der Waals surface area contributed by atoms with Crippen LogP contribution in [0.2, 0.25) is 0 Å². The van der Waals surface area contributed by atoms with E-state index >= 15 is 0 Å². The summed E-state index contributed by atoms with van der Waals surface area (Å²) in [5.41, 5.74) is 0.939. The van der Waals surface area contributed by atoms with Gasteiger partial charge in [0.1, 0.15) is 0 Å². The van der Waals surface area contributed by atoms with Crippen LogP contribution in [-0.2, 0) is 16.1 Å². The van der Waals surface area contributed by atoms with Gasteiger partial charge in [-0.1, -0.05) is 11.8 Å². The zero-order valence-corrected chi connectivity index (χ0v) is 16.1. The predicted molar refractivity (Wildman–Crippen MR) is 104 cm³/mol. The molecule has 8 nitrogen and oxygen atoms in total. The highest BCUT2D eigenvalue weighted by molar-refractivity contribution is 7.99. The smallest absolute Gasteiger partial charge is 0.236 e. The van der Waals surface area contributed by atoms with Gasteiger partial charge in [0.05, 0.1) is 18.4 Å². The lowest BCUT2D eigenvalue weighted by molar-refractivity contribution is -0.113. The first-order chi connectivity index (χ1) is 13.3. The van der Waals surface area contributed by atoms with Gasteiger partial charge in [-0.15, -0.1) is 21.5 Å². The normalized spacial score (nSPS) is 16.5. The topological polar surface area (TPSA) is 94.8 Å². The molecule has 27 heavy (non-hydrogen) atoms. The zero-order valence-electron chi connectivity index (χ0n) is 14.4.